The predicted octanol–water partition coefficient (Wildman–Crippen LogP) is -0.421. The SMILES string of the molecule is O=C(N[C@H]1CCS(=O)(=O)C1)c1cccc(-n2cnnn2)c1. The Hall–Kier alpha value is -2.29. The van der Waals surface area contributed by atoms with Crippen LogP contribution in [0, 0.1) is 0 Å². The zero-order valence-electron chi connectivity index (χ0n) is 11.0. The molecule has 1 N–H and O–H groups in total. The third-order valence-electron chi connectivity index (χ3n) is 3.29. The fourth-order valence-electron chi connectivity index (χ4n) is 2.25. The Kier molecular flexibility index (Phi) is 3.42. The first kappa shape index (κ1) is 13.7. The molecule has 8 nitrogen and oxygen atoms in total. The highest BCUT2D eigenvalue weighted by atomic mass is 32.2. The smallest absolute Gasteiger partial charge is 0.251 e. The van der Waals surface area contributed by atoms with Crippen LogP contribution in [0.25, 0.3) is 5.69 Å². The minimum atomic E-state index is -3.01. The van der Waals surface area contributed by atoms with Crippen molar-refractivity contribution >= 4 is 15.7 Å². The standard InChI is InChI=1S/C12H13N5O3S/c18-12(14-10-4-5-21(19,20)7-10)9-2-1-3-11(6-9)17-8-13-15-16-17/h1-3,6,8,10H,4-5,7H2,(H,14,18)/t10-/m0/s1. The Morgan fingerprint density at radius 3 is 2.90 bits per heavy atom. The van der Waals surface area contributed by atoms with E-state index < -0.39 is 9.84 Å². The molecule has 0 saturated carbocycles. The van der Waals surface area contributed by atoms with E-state index in [1.165, 1.54) is 11.0 Å². The number of hydrogen-bond acceptors (Lipinski definition) is 6. The number of rotatable bonds is 3. The van der Waals surface area contributed by atoms with Crippen molar-refractivity contribution in [3.8, 4) is 5.69 Å². The van der Waals surface area contributed by atoms with Crippen LogP contribution in [0.2, 0.25) is 0 Å². The van der Waals surface area contributed by atoms with Gasteiger partial charge in [-0.3, -0.25) is 4.79 Å². The lowest BCUT2D eigenvalue weighted by Crippen LogP contribution is -2.35. The predicted molar refractivity (Wildman–Crippen MR) is 73.7 cm³/mol. The summed E-state index contributed by atoms with van der Waals surface area (Å²) in [7, 11) is -3.01. The molecule has 1 fully saturated rings. The van der Waals surface area contributed by atoms with Crippen LogP contribution < -0.4 is 5.32 Å². The second kappa shape index (κ2) is 5.24. The second-order valence-corrected chi connectivity index (χ2v) is 7.11. The molecule has 1 aliphatic rings. The molecule has 1 aromatic carbocycles. The van der Waals surface area contributed by atoms with E-state index in [1.807, 2.05) is 0 Å². The number of nitrogens with zero attached hydrogens (tertiary/aromatic N) is 4. The van der Waals surface area contributed by atoms with Crippen LogP contribution in [-0.2, 0) is 9.84 Å². The number of carbonyl (C=O) groups is 1. The molecule has 1 amide bonds. The lowest BCUT2D eigenvalue weighted by Gasteiger charge is -2.11. The van der Waals surface area contributed by atoms with Gasteiger partial charge in [0.15, 0.2) is 9.84 Å². The summed E-state index contributed by atoms with van der Waals surface area (Å²) in [6.45, 7) is 0. The average Bonchev–Trinajstić information content (AvgIpc) is 3.09. The third-order valence-corrected chi connectivity index (χ3v) is 5.06. The van der Waals surface area contributed by atoms with E-state index >= 15 is 0 Å². The molecule has 1 aromatic heterocycles. The van der Waals surface area contributed by atoms with Crippen LogP contribution in [0.4, 0.5) is 0 Å². The summed E-state index contributed by atoms with van der Waals surface area (Å²) in [6.07, 6.45) is 1.89. The number of nitrogens with one attached hydrogen (secondary N) is 1. The van der Waals surface area contributed by atoms with Crippen molar-refractivity contribution in [1.82, 2.24) is 25.5 Å². The van der Waals surface area contributed by atoms with Gasteiger partial charge in [-0.25, -0.2) is 13.1 Å². The van der Waals surface area contributed by atoms with Gasteiger partial charge in [0.1, 0.15) is 6.33 Å². The van der Waals surface area contributed by atoms with Gasteiger partial charge >= 0.3 is 0 Å². The highest BCUT2D eigenvalue weighted by Crippen LogP contribution is 2.13. The molecule has 1 saturated heterocycles. The maximum atomic E-state index is 12.2. The molecule has 0 spiro atoms. The van der Waals surface area contributed by atoms with E-state index in [0.29, 0.717) is 17.7 Å². The van der Waals surface area contributed by atoms with Crippen molar-refractivity contribution in [2.24, 2.45) is 0 Å². The van der Waals surface area contributed by atoms with E-state index in [0.717, 1.165) is 0 Å². The normalized spacial score (nSPS) is 20.3. The lowest BCUT2D eigenvalue weighted by atomic mass is 10.1. The first-order valence-electron chi connectivity index (χ1n) is 6.38. The van der Waals surface area contributed by atoms with Gasteiger partial charge in [-0.15, -0.1) is 5.10 Å². The summed E-state index contributed by atoms with van der Waals surface area (Å²) in [5.74, 6) is -0.166. The van der Waals surface area contributed by atoms with E-state index in [9.17, 15) is 13.2 Å². The third kappa shape index (κ3) is 3.07. The van der Waals surface area contributed by atoms with Crippen molar-refractivity contribution in [1.29, 1.82) is 0 Å². The number of amides is 1. The number of carbonyl (C=O) groups excluding carboxylic acids is 1. The minimum Gasteiger partial charge on any atom is -0.348 e. The van der Waals surface area contributed by atoms with Crippen LogP contribution in [0.15, 0.2) is 30.6 Å². The van der Waals surface area contributed by atoms with Gasteiger partial charge in [-0.2, -0.15) is 0 Å². The molecular formula is C12H13N5O3S. The van der Waals surface area contributed by atoms with E-state index in [4.69, 9.17) is 0 Å². The van der Waals surface area contributed by atoms with E-state index in [-0.39, 0.29) is 23.5 Å². The van der Waals surface area contributed by atoms with Crippen LogP contribution in [-0.4, -0.2) is 52.1 Å². The molecular weight excluding hydrogens is 294 g/mol. The van der Waals surface area contributed by atoms with Crippen LogP contribution in [0.5, 0.6) is 0 Å². The zero-order chi connectivity index (χ0) is 14.9. The quantitative estimate of drug-likeness (QED) is 0.825. The highest BCUT2D eigenvalue weighted by Gasteiger charge is 2.29. The molecule has 21 heavy (non-hydrogen) atoms. The Bertz CT molecular complexity index is 757. The number of tetrazole rings is 1. The number of benzene rings is 1. The molecule has 0 bridgehead atoms. The Labute approximate surface area is 121 Å². The van der Waals surface area contributed by atoms with Crippen molar-refractivity contribution in [3.63, 3.8) is 0 Å². The van der Waals surface area contributed by atoms with Gasteiger partial charge in [0.25, 0.3) is 5.91 Å². The summed E-state index contributed by atoms with van der Waals surface area (Å²) in [5.41, 5.74) is 1.10. The van der Waals surface area contributed by atoms with Gasteiger partial charge in [0.2, 0.25) is 0 Å². The van der Waals surface area contributed by atoms with Gasteiger partial charge < -0.3 is 5.32 Å². The lowest BCUT2D eigenvalue weighted by molar-refractivity contribution is 0.0941. The molecule has 0 unspecified atom stereocenters. The molecule has 2 aromatic rings. The van der Waals surface area contributed by atoms with Crippen molar-refractivity contribution in [3.05, 3.63) is 36.2 Å². The highest BCUT2D eigenvalue weighted by molar-refractivity contribution is 7.91. The minimum absolute atomic E-state index is 0.00538. The largest absolute Gasteiger partial charge is 0.348 e. The zero-order valence-corrected chi connectivity index (χ0v) is 11.8. The molecule has 1 aliphatic heterocycles. The van der Waals surface area contributed by atoms with Crippen LogP contribution >= 0.6 is 0 Å². The van der Waals surface area contributed by atoms with Gasteiger partial charge in [-0.05, 0) is 35.0 Å². The summed E-state index contributed by atoms with van der Waals surface area (Å²) in [6, 6.07) is 6.48. The summed E-state index contributed by atoms with van der Waals surface area (Å²) < 4.78 is 24.2. The Balaban J connectivity index is 1.75. The maximum Gasteiger partial charge on any atom is 0.251 e. The van der Waals surface area contributed by atoms with Crippen molar-refractivity contribution in [2.45, 2.75) is 12.5 Å². The van der Waals surface area contributed by atoms with E-state index in [2.05, 4.69) is 20.8 Å². The van der Waals surface area contributed by atoms with Gasteiger partial charge in [0, 0.05) is 11.6 Å². The fourth-order valence-corrected chi connectivity index (χ4v) is 3.92. The van der Waals surface area contributed by atoms with Crippen molar-refractivity contribution in [2.75, 3.05) is 11.5 Å². The van der Waals surface area contributed by atoms with Crippen molar-refractivity contribution < 1.29 is 13.2 Å². The van der Waals surface area contributed by atoms with E-state index in [1.54, 1.807) is 24.3 Å². The molecule has 0 radical (unpaired) electrons. The summed E-state index contributed by atoms with van der Waals surface area (Å²) in [5, 5.41) is 13.6. The summed E-state index contributed by atoms with van der Waals surface area (Å²) >= 11 is 0. The second-order valence-electron chi connectivity index (χ2n) is 4.88. The monoisotopic (exact) mass is 307 g/mol. The topological polar surface area (TPSA) is 107 Å². The fraction of sp³-hybridized carbons (Fsp3) is 0.333. The van der Waals surface area contributed by atoms with Crippen LogP contribution in [0.1, 0.15) is 16.8 Å². The molecule has 3 rings (SSSR count). The Morgan fingerprint density at radius 1 is 1.38 bits per heavy atom. The Morgan fingerprint density at radius 2 is 2.24 bits per heavy atom. The summed E-state index contributed by atoms with van der Waals surface area (Å²) in [4.78, 5) is 12.2. The molecule has 110 valence electrons. The maximum absolute atomic E-state index is 12.2. The van der Waals surface area contributed by atoms with Crippen LogP contribution in [0.3, 0.4) is 0 Å². The molecule has 1 atom stereocenters. The average molecular weight is 307 g/mol. The number of aromatic nitrogens is 4. The molecule has 0 aliphatic carbocycles. The first-order valence-corrected chi connectivity index (χ1v) is 8.20. The van der Waals surface area contributed by atoms with Gasteiger partial charge in [-0.1, -0.05) is 6.07 Å². The molecule has 2 heterocycles. The first-order chi connectivity index (χ1) is 10.0. The number of hydrogen-bond donors (Lipinski definition) is 1. The van der Waals surface area contributed by atoms with Gasteiger partial charge in [0.05, 0.1) is 17.2 Å². The molecule has 9 heteroatoms. The number of sulfone groups is 1.